The molecule has 1 aromatic carbocycles. The van der Waals surface area contributed by atoms with E-state index in [1.165, 1.54) is 0 Å². The summed E-state index contributed by atoms with van der Waals surface area (Å²) in [5.74, 6) is -1.07. The highest BCUT2D eigenvalue weighted by Crippen LogP contribution is 2.12. The van der Waals surface area contributed by atoms with Crippen molar-refractivity contribution in [3.63, 3.8) is 0 Å². The molecule has 0 saturated carbocycles. The van der Waals surface area contributed by atoms with E-state index < -0.39 is 18.0 Å². The Morgan fingerprint density at radius 2 is 1.85 bits per heavy atom. The molecule has 108 valence electrons. The van der Waals surface area contributed by atoms with Gasteiger partial charge in [0.2, 0.25) is 0 Å². The Morgan fingerprint density at radius 1 is 1.20 bits per heavy atom. The number of carboxylic acids is 1. The Hall–Kier alpha value is -2.08. The van der Waals surface area contributed by atoms with Crippen LogP contribution in [0.15, 0.2) is 30.3 Å². The van der Waals surface area contributed by atoms with E-state index in [1.807, 2.05) is 0 Å². The molecule has 4 N–H and O–H groups in total. The molecule has 0 aliphatic carbocycles. The molecule has 6 nitrogen and oxygen atoms in total. The minimum absolute atomic E-state index is 0.0986. The predicted octanol–water partition coefficient (Wildman–Crippen LogP) is 0.864. The first kappa shape index (κ1) is 14.3. The highest BCUT2D eigenvalue weighted by atomic mass is 16.4. The minimum atomic E-state index is -1.07. The zero-order valence-corrected chi connectivity index (χ0v) is 11.1. The highest BCUT2D eigenvalue weighted by Gasteiger charge is 2.23. The molecule has 1 saturated heterocycles. The first-order valence-corrected chi connectivity index (χ1v) is 6.72. The van der Waals surface area contributed by atoms with Gasteiger partial charge in [-0.15, -0.1) is 0 Å². The van der Waals surface area contributed by atoms with Crippen LogP contribution in [-0.2, 0) is 4.79 Å². The van der Waals surface area contributed by atoms with Gasteiger partial charge < -0.3 is 21.1 Å². The summed E-state index contributed by atoms with van der Waals surface area (Å²) in [6.45, 7) is 1.73. The lowest BCUT2D eigenvalue weighted by Gasteiger charge is -2.24. The average molecular weight is 277 g/mol. The van der Waals surface area contributed by atoms with Gasteiger partial charge in [-0.05, 0) is 31.5 Å². The van der Waals surface area contributed by atoms with Crippen molar-refractivity contribution in [2.75, 3.05) is 13.1 Å². The molecule has 6 heteroatoms. The number of rotatable bonds is 4. The maximum Gasteiger partial charge on any atom is 0.330 e. The molecule has 1 aromatic rings. The second kappa shape index (κ2) is 6.91. The summed E-state index contributed by atoms with van der Waals surface area (Å²) in [5.41, 5.74) is 0.556. The van der Waals surface area contributed by atoms with Crippen LogP contribution < -0.4 is 16.0 Å². The Labute approximate surface area is 117 Å². The number of aliphatic carboxylic acids is 1. The second-order valence-electron chi connectivity index (χ2n) is 4.82. The number of hydrogen-bond acceptors (Lipinski definition) is 3. The highest BCUT2D eigenvalue weighted by molar-refractivity contribution is 5.83. The lowest BCUT2D eigenvalue weighted by molar-refractivity contribution is -0.139. The van der Waals surface area contributed by atoms with E-state index in [1.54, 1.807) is 30.3 Å². The van der Waals surface area contributed by atoms with Gasteiger partial charge in [-0.3, -0.25) is 0 Å². The van der Waals surface area contributed by atoms with Gasteiger partial charge in [0, 0.05) is 6.04 Å². The van der Waals surface area contributed by atoms with Gasteiger partial charge in [0.15, 0.2) is 6.04 Å². The molecule has 1 aliphatic rings. The standard InChI is InChI=1S/C14H19N3O3/c18-13(19)12(10-4-2-1-3-5-10)17-14(20)16-11-6-8-15-9-7-11/h1-5,11-12,15H,6-9H2,(H,18,19)(H2,16,17,20). The molecule has 2 rings (SSSR count). The monoisotopic (exact) mass is 277 g/mol. The van der Waals surface area contributed by atoms with E-state index in [-0.39, 0.29) is 6.04 Å². The first-order valence-electron chi connectivity index (χ1n) is 6.72. The SMILES string of the molecule is O=C(NC1CCNCC1)NC(C(=O)O)c1ccccc1. The number of carboxylic acid groups (broad SMARTS) is 1. The molecule has 0 aromatic heterocycles. The summed E-state index contributed by atoms with van der Waals surface area (Å²) >= 11 is 0. The lowest BCUT2D eigenvalue weighted by Crippen LogP contribution is -2.48. The van der Waals surface area contributed by atoms with Crippen LogP contribution in [0, 0.1) is 0 Å². The van der Waals surface area contributed by atoms with Crippen LogP contribution >= 0.6 is 0 Å². The smallest absolute Gasteiger partial charge is 0.330 e. The van der Waals surface area contributed by atoms with Crippen molar-refractivity contribution < 1.29 is 14.7 Å². The maximum absolute atomic E-state index is 11.9. The summed E-state index contributed by atoms with van der Waals surface area (Å²) < 4.78 is 0. The zero-order valence-electron chi connectivity index (χ0n) is 11.1. The molecule has 1 atom stereocenters. The van der Waals surface area contributed by atoms with Gasteiger partial charge in [0.25, 0.3) is 0 Å². The predicted molar refractivity (Wildman–Crippen MR) is 74.4 cm³/mol. The third-order valence-corrected chi connectivity index (χ3v) is 3.33. The number of hydrogen-bond donors (Lipinski definition) is 4. The molecule has 0 spiro atoms. The fourth-order valence-electron chi connectivity index (χ4n) is 2.26. The molecular formula is C14H19N3O3. The number of urea groups is 1. The van der Waals surface area contributed by atoms with Crippen LogP contribution in [0.2, 0.25) is 0 Å². The number of nitrogens with one attached hydrogen (secondary N) is 3. The average Bonchev–Trinajstić information content (AvgIpc) is 2.46. The van der Waals surface area contributed by atoms with E-state index in [4.69, 9.17) is 0 Å². The van der Waals surface area contributed by atoms with Gasteiger partial charge in [-0.2, -0.15) is 0 Å². The third-order valence-electron chi connectivity index (χ3n) is 3.33. The van der Waals surface area contributed by atoms with Gasteiger partial charge in [-0.25, -0.2) is 9.59 Å². The molecule has 1 heterocycles. The van der Waals surface area contributed by atoms with Gasteiger partial charge in [0.05, 0.1) is 0 Å². The number of piperidine rings is 1. The van der Waals surface area contributed by atoms with Crippen LogP contribution in [-0.4, -0.2) is 36.2 Å². The molecule has 2 amide bonds. The Kier molecular flexibility index (Phi) is 4.95. The van der Waals surface area contributed by atoms with E-state index in [9.17, 15) is 14.7 Å². The maximum atomic E-state index is 11.9. The Balaban J connectivity index is 1.94. The van der Waals surface area contributed by atoms with Crippen LogP contribution in [0.4, 0.5) is 4.79 Å². The van der Waals surface area contributed by atoms with Gasteiger partial charge in [-0.1, -0.05) is 30.3 Å². The fraction of sp³-hybridized carbons (Fsp3) is 0.429. The number of amides is 2. The van der Waals surface area contributed by atoms with Crippen molar-refractivity contribution in [1.29, 1.82) is 0 Å². The Morgan fingerprint density at radius 3 is 2.45 bits per heavy atom. The molecule has 1 aliphatic heterocycles. The first-order chi connectivity index (χ1) is 9.66. The number of carbonyl (C=O) groups excluding carboxylic acids is 1. The summed E-state index contributed by atoms with van der Waals surface area (Å²) in [6.07, 6.45) is 1.72. The summed E-state index contributed by atoms with van der Waals surface area (Å²) in [5, 5.41) is 17.8. The third kappa shape index (κ3) is 3.96. The van der Waals surface area contributed by atoms with E-state index >= 15 is 0 Å². The van der Waals surface area contributed by atoms with Crippen LogP contribution in [0.5, 0.6) is 0 Å². The molecular weight excluding hydrogens is 258 g/mol. The van der Waals surface area contributed by atoms with Crippen molar-refractivity contribution in [3.05, 3.63) is 35.9 Å². The molecule has 1 unspecified atom stereocenters. The molecule has 0 bridgehead atoms. The topological polar surface area (TPSA) is 90.5 Å². The molecule has 1 fully saturated rings. The largest absolute Gasteiger partial charge is 0.479 e. The second-order valence-corrected chi connectivity index (χ2v) is 4.82. The summed E-state index contributed by atoms with van der Waals surface area (Å²) in [7, 11) is 0. The Bertz CT molecular complexity index is 458. The lowest BCUT2D eigenvalue weighted by atomic mass is 10.1. The molecule has 20 heavy (non-hydrogen) atoms. The quantitative estimate of drug-likeness (QED) is 0.657. The van der Waals surface area contributed by atoms with Crippen molar-refractivity contribution in [2.24, 2.45) is 0 Å². The van der Waals surface area contributed by atoms with Crippen molar-refractivity contribution >= 4 is 12.0 Å². The zero-order chi connectivity index (χ0) is 14.4. The van der Waals surface area contributed by atoms with Gasteiger partial charge in [0.1, 0.15) is 0 Å². The van der Waals surface area contributed by atoms with Crippen LogP contribution in [0.3, 0.4) is 0 Å². The van der Waals surface area contributed by atoms with Crippen molar-refractivity contribution in [3.8, 4) is 0 Å². The van der Waals surface area contributed by atoms with Crippen molar-refractivity contribution in [2.45, 2.75) is 24.9 Å². The van der Waals surface area contributed by atoms with Crippen LogP contribution in [0.1, 0.15) is 24.4 Å². The number of carbonyl (C=O) groups is 2. The molecule has 0 radical (unpaired) electrons. The van der Waals surface area contributed by atoms with Crippen molar-refractivity contribution in [1.82, 2.24) is 16.0 Å². The summed E-state index contributed by atoms with van der Waals surface area (Å²) in [6, 6.07) is 7.30. The fourth-order valence-corrected chi connectivity index (χ4v) is 2.26. The summed E-state index contributed by atoms with van der Waals surface area (Å²) in [4.78, 5) is 23.2. The normalized spacial score (nSPS) is 17.2. The van der Waals surface area contributed by atoms with E-state index in [2.05, 4.69) is 16.0 Å². The van der Waals surface area contributed by atoms with E-state index in [0.29, 0.717) is 5.56 Å². The van der Waals surface area contributed by atoms with E-state index in [0.717, 1.165) is 25.9 Å². The van der Waals surface area contributed by atoms with Gasteiger partial charge >= 0.3 is 12.0 Å². The number of benzene rings is 1. The minimum Gasteiger partial charge on any atom is -0.479 e. The van der Waals surface area contributed by atoms with Crippen LogP contribution in [0.25, 0.3) is 0 Å².